The van der Waals surface area contributed by atoms with Crippen LogP contribution in [0.5, 0.6) is 0 Å². The molecule has 2 nitrogen and oxygen atoms in total. The van der Waals surface area contributed by atoms with Crippen molar-refractivity contribution in [3.8, 4) is 11.3 Å². The zero-order valence-electron chi connectivity index (χ0n) is 10.5. The minimum absolute atomic E-state index is 0.524. The minimum Gasteiger partial charge on any atom is -0.372 e. The minimum atomic E-state index is 0.524. The Labute approximate surface area is 117 Å². The fourth-order valence-corrected chi connectivity index (χ4v) is 2.46. The van der Waals surface area contributed by atoms with Gasteiger partial charge in [0.15, 0.2) is 0 Å². The molecule has 0 aliphatic heterocycles. The Balaban J connectivity index is 2.63. The molecule has 0 bridgehead atoms. The zero-order chi connectivity index (χ0) is 13.3. The summed E-state index contributed by atoms with van der Waals surface area (Å²) in [6.45, 7) is 4.11. The maximum absolute atomic E-state index is 6.23. The van der Waals surface area contributed by atoms with E-state index in [2.05, 4.69) is 23.3 Å². The van der Waals surface area contributed by atoms with Gasteiger partial charge in [-0.25, -0.2) is 4.98 Å². The van der Waals surface area contributed by atoms with E-state index in [1.807, 2.05) is 19.1 Å². The maximum atomic E-state index is 6.23. The van der Waals surface area contributed by atoms with Crippen LogP contribution in [-0.4, -0.2) is 12.0 Å². The number of aromatic nitrogens is 1. The van der Waals surface area contributed by atoms with Gasteiger partial charge in [0.05, 0.1) is 15.7 Å². The number of hydrogen-bond acceptors (Lipinski definition) is 2. The summed E-state index contributed by atoms with van der Waals surface area (Å²) in [7, 11) is 1.79. The monoisotopic (exact) mass is 280 g/mol. The molecule has 1 N–H and O–H groups in total. The Morgan fingerprint density at radius 2 is 1.78 bits per heavy atom. The number of hydrogen-bond donors (Lipinski definition) is 1. The second-order valence-electron chi connectivity index (χ2n) is 4.22. The van der Waals surface area contributed by atoms with Crippen molar-refractivity contribution in [2.45, 2.75) is 13.8 Å². The van der Waals surface area contributed by atoms with Crippen LogP contribution in [0.4, 0.5) is 5.82 Å². The van der Waals surface area contributed by atoms with Gasteiger partial charge in [0.1, 0.15) is 5.82 Å². The lowest BCUT2D eigenvalue weighted by atomic mass is 10.0. The number of rotatable bonds is 2. The lowest BCUT2D eigenvalue weighted by Crippen LogP contribution is -1.97. The average Bonchev–Trinajstić information content (AvgIpc) is 2.30. The second-order valence-corrected chi connectivity index (χ2v) is 5.03. The highest BCUT2D eigenvalue weighted by Crippen LogP contribution is 2.33. The van der Waals surface area contributed by atoms with Crippen molar-refractivity contribution in [3.63, 3.8) is 0 Å². The van der Waals surface area contributed by atoms with E-state index in [1.54, 1.807) is 13.1 Å². The van der Waals surface area contributed by atoms with Crippen molar-refractivity contribution in [3.05, 3.63) is 45.4 Å². The topological polar surface area (TPSA) is 24.9 Å². The average molecular weight is 281 g/mol. The van der Waals surface area contributed by atoms with Crippen molar-refractivity contribution in [1.82, 2.24) is 4.98 Å². The Morgan fingerprint density at radius 3 is 2.39 bits per heavy atom. The van der Waals surface area contributed by atoms with Gasteiger partial charge in [-0.2, -0.15) is 0 Å². The van der Waals surface area contributed by atoms with Crippen molar-refractivity contribution in [2.75, 3.05) is 12.4 Å². The van der Waals surface area contributed by atoms with Crippen LogP contribution >= 0.6 is 23.2 Å². The summed E-state index contributed by atoms with van der Waals surface area (Å²) in [6.07, 6.45) is 0. The predicted octanol–water partition coefficient (Wildman–Crippen LogP) is 4.71. The summed E-state index contributed by atoms with van der Waals surface area (Å²) in [5.74, 6) is 0.635. The van der Waals surface area contributed by atoms with Crippen molar-refractivity contribution in [2.24, 2.45) is 0 Å². The molecule has 0 aliphatic rings. The van der Waals surface area contributed by atoms with Crippen LogP contribution < -0.4 is 5.32 Å². The molecule has 0 spiro atoms. The molecule has 0 amide bonds. The first-order valence-electron chi connectivity index (χ1n) is 5.64. The number of halogens is 2. The molecule has 1 aromatic carbocycles. The van der Waals surface area contributed by atoms with Crippen LogP contribution in [0.1, 0.15) is 11.1 Å². The number of anilines is 1. The lowest BCUT2D eigenvalue weighted by molar-refractivity contribution is 1.27. The van der Waals surface area contributed by atoms with Gasteiger partial charge < -0.3 is 5.32 Å². The number of aryl methyl sites for hydroxylation is 2. The van der Waals surface area contributed by atoms with Crippen LogP contribution in [0.3, 0.4) is 0 Å². The number of nitrogens with zero attached hydrogens (tertiary/aromatic N) is 1. The van der Waals surface area contributed by atoms with Crippen molar-refractivity contribution in [1.29, 1.82) is 0 Å². The Bertz CT molecular complexity index is 595. The molecule has 0 saturated heterocycles. The number of benzene rings is 1. The van der Waals surface area contributed by atoms with Crippen molar-refractivity contribution >= 4 is 29.0 Å². The quantitative estimate of drug-likeness (QED) is 0.862. The third kappa shape index (κ3) is 2.45. The van der Waals surface area contributed by atoms with Gasteiger partial charge in [0, 0.05) is 12.6 Å². The normalized spacial score (nSPS) is 10.5. The molecule has 0 saturated carbocycles. The maximum Gasteiger partial charge on any atom is 0.145 e. The molecule has 0 aliphatic carbocycles. The molecule has 4 heteroatoms. The smallest absolute Gasteiger partial charge is 0.145 e. The predicted molar refractivity (Wildman–Crippen MR) is 78.7 cm³/mol. The molecule has 0 unspecified atom stereocenters. The highest BCUT2D eigenvalue weighted by atomic mass is 35.5. The summed E-state index contributed by atoms with van der Waals surface area (Å²) in [5, 5.41) is 4.05. The van der Waals surface area contributed by atoms with E-state index in [-0.39, 0.29) is 0 Å². The van der Waals surface area contributed by atoms with Crippen LogP contribution in [0, 0.1) is 13.8 Å². The van der Waals surface area contributed by atoms with E-state index in [0.29, 0.717) is 15.9 Å². The van der Waals surface area contributed by atoms with E-state index in [1.165, 1.54) is 5.56 Å². The first kappa shape index (κ1) is 13.2. The SMILES string of the molecule is CNc1nc(-c2ccc(C)cc2C)c(Cl)cc1Cl. The number of nitrogens with one attached hydrogen (secondary N) is 1. The van der Waals surface area contributed by atoms with Gasteiger partial charge >= 0.3 is 0 Å². The standard InChI is InChI=1S/C14H14Cl2N2/c1-8-4-5-10(9(2)6-8)13-11(15)7-12(16)14(17-3)18-13/h4-7H,1-3H3,(H,17,18). The molecule has 2 aromatic rings. The summed E-state index contributed by atoms with van der Waals surface area (Å²) < 4.78 is 0. The lowest BCUT2D eigenvalue weighted by Gasteiger charge is -2.11. The second kappa shape index (κ2) is 5.17. The van der Waals surface area contributed by atoms with E-state index >= 15 is 0 Å². The van der Waals surface area contributed by atoms with Gasteiger partial charge in [0.2, 0.25) is 0 Å². The third-order valence-electron chi connectivity index (χ3n) is 2.80. The van der Waals surface area contributed by atoms with Crippen LogP contribution in [-0.2, 0) is 0 Å². The van der Waals surface area contributed by atoms with Crippen molar-refractivity contribution < 1.29 is 0 Å². The molecule has 2 rings (SSSR count). The van der Waals surface area contributed by atoms with Crippen LogP contribution in [0.25, 0.3) is 11.3 Å². The molecule has 1 aromatic heterocycles. The molecule has 18 heavy (non-hydrogen) atoms. The molecule has 0 fully saturated rings. The van der Waals surface area contributed by atoms with E-state index in [0.717, 1.165) is 16.8 Å². The third-order valence-corrected chi connectivity index (χ3v) is 3.38. The van der Waals surface area contributed by atoms with Crippen LogP contribution in [0.2, 0.25) is 10.0 Å². The first-order valence-corrected chi connectivity index (χ1v) is 6.40. The Kier molecular flexibility index (Phi) is 3.79. The molecule has 0 atom stereocenters. The fraction of sp³-hybridized carbons (Fsp3) is 0.214. The van der Waals surface area contributed by atoms with Gasteiger partial charge in [-0.15, -0.1) is 0 Å². The fourth-order valence-electron chi connectivity index (χ4n) is 1.91. The summed E-state index contributed by atoms with van der Waals surface area (Å²) in [6, 6.07) is 7.91. The van der Waals surface area contributed by atoms with Gasteiger partial charge in [-0.1, -0.05) is 47.0 Å². The molecular weight excluding hydrogens is 267 g/mol. The summed E-state index contributed by atoms with van der Waals surface area (Å²) in [5.41, 5.74) is 4.14. The first-order chi connectivity index (χ1) is 8.52. The Hall–Kier alpha value is -1.25. The molecule has 94 valence electrons. The Morgan fingerprint density at radius 1 is 1.06 bits per heavy atom. The zero-order valence-corrected chi connectivity index (χ0v) is 12.0. The van der Waals surface area contributed by atoms with Gasteiger partial charge in [-0.05, 0) is 25.5 Å². The number of pyridine rings is 1. The van der Waals surface area contributed by atoms with Crippen LogP contribution in [0.15, 0.2) is 24.3 Å². The van der Waals surface area contributed by atoms with E-state index in [9.17, 15) is 0 Å². The molecule has 0 radical (unpaired) electrons. The molecule has 1 heterocycles. The largest absolute Gasteiger partial charge is 0.372 e. The highest BCUT2D eigenvalue weighted by molar-refractivity contribution is 6.37. The van der Waals surface area contributed by atoms with Gasteiger partial charge in [-0.3, -0.25) is 0 Å². The van der Waals surface area contributed by atoms with Gasteiger partial charge in [0.25, 0.3) is 0 Å². The van der Waals surface area contributed by atoms with E-state index in [4.69, 9.17) is 23.2 Å². The van der Waals surface area contributed by atoms with E-state index < -0.39 is 0 Å². The summed E-state index contributed by atoms with van der Waals surface area (Å²) >= 11 is 12.3. The summed E-state index contributed by atoms with van der Waals surface area (Å²) in [4.78, 5) is 4.48. The highest BCUT2D eigenvalue weighted by Gasteiger charge is 2.12. The molecular formula is C14H14Cl2N2.